The van der Waals surface area contributed by atoms with Crippen molar-refractivity contribution in [1.82, 2.24) is 10.2 Å². The number of hydrogen-bond donors (Lipinski definition) is 1. The van der Waals surface area contributed by atoms with Crippen LogP contribution in [-0.4, -0.2) is 32.2 Å². The molecule has 0 aliphatic heterocycles. The van der Waals surface area contributed by atoms with Crippen LogP contribution in [0.2, 0.25) is 10.0 Å². The van der Waals surface area contributed by atoms with Crippen LogP contribution in [-0.2, 0) is 6.54 Å². The highest BCUT2D eigenvalue weighted by Crippen LogP contribution is 2.29. The van der Waals surface area contributed by atoms with Crippen molar-refractivity contribution in [3.8, 4) is 11.5 Å². The van der Waals surface area contributed by atoms with E-state index in [1.807, 2.05) is 25.1 Å². The summed E-state index contributed by atoms with van der Waals surface area (Å²) >= 11 is 12.2. The van der Waals surface area contributed by atoms with Gasteiger partial charge in [0, 0.05) is 23.6 Å². The van der Waals surface area contributed by atoms with E-state index in [0.29, 0.717) is 28.1 Å². The van der Waals surface area contributed by atoms with Crippen LogP contribution < -0.4 is 14.8 Å². The molecule has 0 aromatic heterocycles. The number of benzene rings is 2. The summed E-state index contributed by atoms with van der Waals surface area (Å²) in [6.07, 6.45) is 0. The number of carbonyl (C=O) groups excluding carboxylic acids is 1. The average Bonchev–Trinajstić information content (AvgIpc) is 2.64. The topological polar surface area (TPSA) is 50.8 Å². The summed E-state index contributed by atoms with van der Waals surface area (Å²) in [5, 5.41) is 3.98. The molecule has 0 radical (unpaired) electrons. The molecule has 0 heterocycles. The van der Waals surface area contributed by atoms with Gasteiger partial charge in [-0.3, -0.25) is 0 Å². The minimum atomic E-state index is -0.210. The van der Waals surface area contributed by atoms with E-state index in [4.69, 9.17) is 32.7 Å². The molecule has 5 nitrogen and oxygen atoms in total. The normalized spacial score (nSPS) is 11.6. The van der Waals surface area contributed by atoms with Crippen molar-refractivity contribution in [3.05, 3.63) is 57.6 Å². The molecule has 2 aromatic carbocycles. The van der Waals surface area contributed by atoms with E-state index in [9.17, 15) is 4.79 Å². The molecule has 0 unspecified atom stereocenters. The fourth-order valence-electron chi connectivity index (χ4n) is 2.52. The van der Waals surface area contributed by atoms with Crippen molar-refractivity contribution in [2.75, 3.05) is 21.3 Å². The Labute approximate surface area is 163 Å². The zero-order valence-electron chi connectivity index (χ0n) is 15.2. The highest BCUT2D eigenvalue weighted by Gasteiger charge is 2.19. The number of hydrogen-bond acceptors (Lipinski definition) is 3. The molecule has 1 N–H and O–H groups in total. The third kappa shape index (κ3) is 4.74. The zero-order valence-corrected chi connectivity index (χ0v) is 16.7. The molecule has 1 atom stereocenters. The molecule has 2 aromatic rings. The third-order valence-electron chi connectivity index (χ3n) is 4.21. The van der Waals surface area contributed by atoms with Crippen LogP contribution in [0.15, 0.2) is 36.4 Å². The molecular weight excluding hydrogens is 375 g/mol. The largest absolute Gasteiger partial charge is 0.493 e. The van der Waals surface area contributed by atoms with Gasteiger partial charge in [0.05, 0.1) is 20.3 Å². The minimum absolute atomic E-state index is 0.204. The minimum Gasteiger partial charge on any atom is -0.493 e. The van der Waals surface area contributed by atoms with E-state index in [-0.39, 0.29) is 12.1 Å². The maximum Gasteiger partial charge on any atom is 0.317 e. The van der Waals surface area contributed by atoms with Gasteiger partial charge in [-0.25, -0.2) is 4.79 Å². The Morgan fingerprint density at radius 1 is 1.12 bits per heavy atom. The molecule has 0 fully saturated rings. The molecule has 7 heteroatoms. The molecule has 2 amide bonds. The van der Waals surface area contributed by atoms with Gasteiger partial charge in [0.1, 0.15) is 0 Å². The maximum absolute atomic E-state index is 12.5. The zero-order chi connectivity index (χ0) is 19.3. The summed E-state index contributed by atoms with van der Waals surface area (Å²) < 4.78 is 10.5. The lowest BCUT2D eigenvalue weighted by Gasteiger charge is -2.26. The Kier molecular flexibility index (Phi) is 7.00. The lowest BCUT2D eigenvalue weighted by molar-refractivity contribution is 0.194. The molecule has 0 aliphatic carbocycles. The van der Waals surface area contributed by atoms with Crippen LogP contribution in [0.4, 0.5) is 4.79 Å². The van der Waals surface area contributed by atoms with Crippen LogP contribution in [0.3, 0.4) is 0 Å². The Hall–Kier alpha value is -2.11. The van der Waals surface area contributed by atoms with Gasteiger partial charge in [-0.15, -0.1) is 0 Å². The molecule has 2 rings (SSSR count). The number of rotatable bonds is 6. The second-order valence-corrected chi connectivity index (χ2v) is 6.64. The van der Waals surface area contributed by atoms with Crippen LogP contribution >= 0.6 is 23.2 Å². The first-order valence-corrected chi connectivity index (χ1v) is 8.79. The van der Waals surface area contributed by atoms with Gasteiger partial charge in [0.15, 0.2) is 11.5 Å². The quantitative estimate of drug-likeness (QED) is 0.753. The summed E-state index contributed by atoms with van der Waals surface area (Å²) in [5.41, 5.74) is 1.74. The van der Waals surface area contributed by atoms with Gasteiger partial charge in [-0.05, 0) is 42.3 Å². The van der Waals surface area contributed by atoms with E-state index in [0.717, 1.165) is 11.1 Å². The van der Waals surface area contributed by atoms with E-state index in [2.05, 4.69) is 5.32 Å². The Morgan fingerprint density at radius 2 is 1.81 bits per heavy atom. The van der Waals surface area contributed by atoms with E-state index in [1.165, 1.54) is 0 Å². The molecule has 140 valence electrons. The Bertz CT molecular complexity index is 783. The van der Waals surface area contributed by atoms with Crippen LogP contribution in [0.1, 0.15) is 24.1 Å². The predicted molar refractivity (Wildman–Crippen MR) is 104 cm³/mol. The number of nitrogens with one attached hydrogen (secondary N) is 1. The maximum atomic E-state index is 12.5. The third-order valence-corrected chi connectivity index (χ3v) is 4.77. The second-order valence-electron chi connectivity index (χ2n) is 5.80. The van der Waals surface area contributed by atoms with Crippen molar-refractivity contribution in [3.63, 3.8) is 0 Å². The molecule has 0 saturated heterocycles. The second kappa shape index (κ2) is 9.01. The SMILES string of the molecule is COc1ccc(CNC(=O)N(C)[C@@H](C)c2ccc(Cl)cc2Cl)cc1OC. The van der Waals surface area contributed by atoms with Crippen molar-refractivity contribution in [2.45, 2.75) is 19.5 Å². The summed E-state index contributed by atoms with van der Waals surface area (Å²) in [4.78, 5) is 14.1. The molecule has 0 aliphatic rings. The van der Waals surface area contributed by atoms with Gasteiger partial charge in [0.25, 0.3) is 0 Å². The first-order chi connectivity index (χ1) is 12.4. The summed E-state index contributed by atoms with van der Waals surface area (Å²) in [7, 11) is 4.88. The molecular formula is C19H22Cl2N2O3. The standard InChI is InChI=1S/C19H22Cl2N2O3/c1-12(15-7-6-14(20)10-16(15)21)23(2)19(24)22-11-13-5-8-17(25-3)18(9-13)26-4/h5-10,12H,11H2,1-4H3,(H,22,24)/t12-/m0/s1. The molecule has 0 spiro atoms. The number of amides is 2. The lowest BCUT2D eigenvalue weighted by Crippen LogP contribution is -2.38. The first kappa shape index (κ1) is 20.2. The van der Waals surface area contributed by atoms with Crippen molar-refractivity contribution < 1.29 is 14.3 Å². The molecule has 26 heavy (non-hydrogen) atoms. The monoisotopic (exact) mass is 396 g/mol. The smallest absolute Gasteiger partial charge is 0.317 e. The lowest BCUT2D eigenvalue weighted by atomic mass is 10.1. The Morgan fingerprint density at radius 3 is 2.42 bits per heavy atom. The number of urea groups is 1. The predicted octanol–water partition coefficient (Wildman–Crippen LogP) is 4.91. The van der Waals surface area contributed by atoms with Gasteiger partial charge in [-0.1, -0.05) is 35.3 Å². The van der Waals surface area contributed by atoms with Crippen molar-refractivity contribution in [1.29, 1.82) is 0 Å². The number of nitrogens with zero attached hydrogens (tertiary/aromatic N) is 1. The highest BCUT2D eigenvalue weighted by molar-refractivity contribution is 6.35. The van der Waals surface area contributed by atoms with Gasteiger partial charge in [0.2, 0.25) is 0 Å². The number of halogens is 2. The first-order valence-electron chi connectivity index (χ1n) is 8.04. The average molecular weight is 397 g/mol. The summed E-state index contributed by atoms with van der Waals surface area (Å²) in [6.45, 7) is 2.27. The van der Waals surface area contributed by atoms with Crippen molar-refractivity contribution >= 4 is 29.2 Å². The van der Waals surface area contributed by atoms with E-state index >= 15 is 0 Å². The van der Waals surface area contributed by atoms with E-state index in [1.54, 1.807) is 44.4 Å². The molecule has 0 saturated carbocycles. The van der Waals surface area contributed by atoms with Gasteiger partial charge in [-0.2, -0.15) is 0 Å². The van der Waals surface area contributed by atoms with Crippen molar-refractivity contribution in [2.24, 2.45) is 0 Å². The molecule has 0 bridgehead atoms. The summed E-state index contributed by atoms with van der Waals surface area (Å²) in [6, 6.07) is 10.4. The highest BCUT2D eigenvalue weighted by atomic mass is 35.5. The van der Waals surface area contributed by atoms with E-state index < -0.39 is 0 Å². The number of ether oxygens (including phenoxy) is 2. The fraction of sp³-hybridized carbons (Fsp3) is 0.316. The summed E-state index contributed by atoms with van der Waals surface area (Å²) in [5.74, 6) is 1.26. The number of carbonyl (C=O) groups is 1. The number of methoxy groups -OCH3 is 2. The van der Waals surface area contributed by atoms with Gasteiger partial charge < -0.3 is 19.7 Å². The van der Waals surface area contributed by atoms with Crippen LogP contribution in [0, 0.1) is 0 Å². The Balaban J connectivity index is 2.02. The van der Waals surface area contributed by atoms with Crippen LogP contribution in [0.5, 0.6) is 11.5 Å². The van der Waals surface area contributed by atoms with Crippen LogP contribution in [0.25, 0.3) is 0 Å². The van der Waals surface area contributed by atoms with Gasteiger partial charge >= 0.3 is 6.03 Å². The fourth-order valence-corrected chi connectivity index (χ4v) is 3.08.